The Morgan fingerprint density at radius 3 is 3.12 bits per heavy atom. The number of rotatable bonds is 2. The number of urea groups is 1. The molecule has 1 aromatic heterocycles. The van der Waals surface area contributed by atoms with E-state index in [0.29, 0.717) is 17.9 Å². The van der Waals surface area contributed by atoms with Gasteiger partial charge in [-0.2, -0.15) is 0 Å². The fourth-order valence-corrected chi connectivity index (χ4v) is 4.61. The molecule has 2 amide bonds. The fourth-order valence-electron chi connectivity index (χ4n) is 4.61. The van der Waals surface area contributed by atoms with Gasteiger partial charge in [0, 0.05) is 37.5 Å². The van der Waals surface area contributed by atoms with Crippen LogP contribution >= 0.6 is 0 Å². The molecule has 1 saturated carbocycles. The van der Waals surface area contributed by atoms with Crippen LogP contribution < -0.4 is 10.6 Å². The van der Waals surface area contributed by atoms with Crippen molar-refractivity contribution >= 4 is 23.8 Å². The topological polar surface area (TPSA) is 69.6 Å². The summed E-state index contributed by atoms with van der Waals surface area (Å²) in [5.74, 6) is 2.01. The number of carbonyl (C=O) groups excluding carboxylic acids is 1. The Balaban J connectivity index is 1.39. The van der Waals surface area contributed by atoms with Crippen LogP contribution in [0.2, 0.25) is 0 Å². The third-order valence-corrected chi connectivity index (χ3v) is 6.05. The highest BCUT2D eigenvalue weighted by Crippen LogP contribution is 2.45. The van der Waals surface area contributed by atoms with E-state index >= 15 is 0 Å². The third kappa shape index (κ3) is 2.77. The molecular formula is C19H25N5O. The molecule has 1 unspecified atom stereocenters. The Morgan fingerprint density at radius 2 is 2.24 bits per heavy atom. The Hall–Kier alpha value is -2.11. The lowest BCUT2D eigenvalue weighted by Crippen LogP contribution is -2.47. The van der Waals surface area contributed by atoms with E-state index in [-0.39, 0.29) is 6.03 Å². The third-order valence-electron chi connectivity index (χ3n) is 6.05. The summed E-state index contributed by atoms with van der Waals surface area (Å²) in [6.45, 7) is 2.72. The maximum Gasteiger partial charge on any atom is 0.317 e. The highest BCUT2D eigenvalue weighted by molar-refractivity contribution is 5.76. The van der Waals surface area contributed by atoms with E-state index in [4.69, 9.17) is 0 Å². The van der Waals surface area contributed by atoms with Crippen molar-refractivity contribution < 1.29 is 4.79 Å². The van der Waals surface area contributed by atoms with Gasteiger partial charge in [0.15, 0.2) is 0 Å². The van der Waals surface area contributed by atoms with Crippen LogP contribution in [-0.2, 0) is 6.42 Å². The van der Waals surface area contributed by atoms with Crippen LogP contribution in [0.25, 0.3) is 0 Å². The fraction of sp³-hybridized carbons (Fsp3) is 0.632. The lowest BCUT2D eigenvalue weighted by molar-refractivity contribution is 0.156. The van der Waals surface area contributed by atoms with Crippen molar-refractivity contribution in [2.24, 2.45) is 10.9 Å². The van der Waals surface area contributed by atoms with Crippen LogP contribution in [0.1, 0.15) is 49.1 Å². The van der Waals surface area contributed by atoms with Crippen molar-refractivity contribution in [3.05, 3.63) is 17.3 Å². The number of piperidine rings is 1. The average Bonchev–Trinajstić information content (AvgIpc) is 3.33. The number of hydrogen-bond donors (Lipinski definition) is 2. The minimum absolute atomic E-state index is 0.138. The molecule has 6 nitrogen and oxygen atoms in total. The Kier molecular flexibility index (Phi) is 3.64. The first-order valence-electron chi connectivity index (χ1n) is 9.63. The number of amides is 2. The number of aliphatic imine (C=N–C) groups is 1. The summed E-state index contributed by atoms with van der Waals surface area (Å²) in [5, 5.41) is 6.54. The van der Waals surface area contributed by atoms with Gasteiger partial charge in [-0.05, 0) is 55.9 Å². The van der Waals surface area contributed by atoms with Crippen LogP contribution in [0.3, 0.4) is 0 Å². The molecule has 2 atom stereocenters. The molecule has 0 bridgehead atoms. The second-order valence-electron chi connectivity index (χ2n) is 7.79. The van der Waals surface area contributed by atoms with Crippen LogP contribution in [0.15, 0.2) is 11.2 Å². The van der Waals surface area contributed by atoms with Gasteiger partial charge in [-0.3, -0.25) is 4.99 Å². The first-order valence-corrected chi connectivity index (χ1v) is 9.63. The van der Waals surface area contributed by atoms with Crippen LogP contribution in [0.5, 0.6) is 0 Å². The predicted molar refractivity (Wildman–Crippen MR) is 97.8 cm³/mol. The monoisotopic (exact) mass is 339 g/mol. The smallest absolute Gasteiger partial charge is 0.317 e. The largest absolute Gasteiger partial charge is 0.370 e. The second kappa shape index (κ2) is 6.00. The van der Waals surface area contributed by atoms with Crippen molar-refractivity contribution in [3.8, 4) is 0 Å². The maximum atomic E-state index is 12.5. The summed E-state index contributed by atoms with van der Waals surface area (Å²) in [4.78, 5) is 23.7. The summed E-state index contributed by atoms with van der Waals surface area (Å²) < 4.78 is 0. The zero-order chi connectivity index (χ0) is 16.8. The van der Waals surface area contributed by atoms with E-state index < -0.39 is 0 Å². The number of nitrogens with zero attached hydrogens (tertiary/aromatic N) is 3. The minimum atomic E-state index is 0.138. The summed E-state index contributed by atoms with van der Waals surface area (Å²) in [6, 6.07) is 0.564. The molecule has 25 heavy (non-hydrogen) atoms. The van der Waals surface area contributed by atoms with E-state index in [0.717, 1.165) is 63.2 Å². The zero-order valence-electron chi connectivity index (χ0n) is 14.5. The van der Waals surface area contributed by atoms with Gasteiger partial charge < -0.3 is 15.5 Å². The molecule has 4 heterocycles. The van der Waals surface area contributed by atoms with Crippen LogP contribution in [0.4, 0.5) is 16.3 Å². The average molecular weight is 339 g/mol. The van der Waals surface area contributed by atoms with E-state index in [1.807, 2.05) is 17.3 Å². The number of hydrogen-bond acceptors (Lipinski definition) is 4. The highest BCUT2D eigenvalue weighted by atomic mass is 16.2. The number of fused-ring (bicyclic) bond motifs is 3. The number of aromatic nitrogens is 1. The van der Waals surface area contributed by atoms with Crippen molar-refractivity contribution in [2.45, 2.75) is 50.5 Å². The van der Waals surface area contributed by atoms with E-state index in [1.165, 1.54) is 17.5 Å². The predicted octanol–water partition coefficient (Wildman–Crippen LogP) is 2.82. The molecule has 0 spiro atoms. The Morgan fingerprint density at radius 1 is 1.32 bits per heavy atom. The van der Waals surface area contributed by atoms with Gasteiger partial charge in [-0.25, -0.2) is 9.78 Å². The normalized spacial score (nSPS) is 27.4. The molecule has 0 aromatic carbocycles. The molecule has 2 fully saturated rings. The Labute approximate surface area is 148 Å². The quantitative estimate of drug-likeness (QED) is 0.870. The molecule has 1 aromatic rings. The summed E-state index contributed by atoms with van der Waals surface area (Å²) in [7, 11) is 0. The first-order chi connectivity index (χ1) is 12.3. The molecule has 3 aliphatic heterocycles. The zero-order valence-corrected chi connectivity index (χ0v) is 14.5. The minimum Gasteiger partial charge on any atom is -0.370 e. The number of carbonyl (C=O) groups is 1. The molecule has 4 aliphatic rings. The molecular weight excluding hydrogens is 314 g/mol. The van der Waals surface area contributed by atoms with Gasteiger partial charge in [-0.15, -0.1) is 0 Å². The van der Waals surface area contributed by atoms with Crippen molar-refractivity contribution in [1.29, 1.82) is 0 Å². The van der Waals surface area contributed by atoms with Crippen LogP contribution in [0, 0.1) is 5.92 Å². The molecule has 2 N–H and O–H groups in total. The number of likely N-dealkylation sites (tertiary alicyclic amines) is 1. The standard InChI is InChI=1S/C19H25N5O/c25-19(23-13-3-4-13)24-9-1-2-12(11-24)14-5-7-20-16-10-22-18-15(17(14)16)6-8-21-18/h7,10,12-14H,1-6,8-9,11H2,(H,21,22)(H,23,25)/t12?,14-/m0/s1. The highest BCUT2D eigenvalue weighted by Gasteiger charge is 2.36. The Bertz CT molecular complexity index is 727. The first kappa shape index (κ1) is 15.2. The van der Waals surface area contributed by atoms with Gasteiger partial charge in [0.05, 0.1) is 11.9 Å². The van der Waals surface area contributed by atoms with Gasteiger partial charge in [-0.1, -0.05) is 0 Å². The van der Waals surface area contributed by atoms with Crippen molar-refractivity contribution in [3.63, 3.8) is 0 Å². The molecule has 1 saturated heterocycles. The molecule has 1 aliphatic carbocycles. The summed E-state index contributed by atoms with van der Waals surface area (Å²) >= 11 is 0. The van der Waals surface area contributed by atoms with Gasteiger partial charge in [0.2, 0.25) is 0 Å². The maximum absolute atomic E-state index is 12.5. The number of anilines is 1. The van der Waals surface area contributed by atoms with E-state index in [1.54, 1.807) is 0 Å². The lowest BCUT2D eigenvalue weighted by atomic mass is 9.76. The van der Waals surface area contributed by atoms with Crippen molar-refractivity contribution in [1.82, 2.24) is 15.2 Å². The number of pyridine rings is 1. The lowest BCUT2D eigenvalue weighted by Gasteiger charge is -2.38. The molecule has 6 heteroatoms. The van der Waals surface area contributed by atoms with Gasteiger partial charge >= 0.3 is 6.03 Å². The van der Waals surface area contributed by atoms with E-state index in [2.05, 4.69) is 20.6 Å². The molecule has 0 radical (unpaired) electrons. The SMILES string of the molecule is O=C(NC1CC1)N1CCCC([C@@H]2CC=Nc3cnc4c(c32)CCN4)C1. The second-order valence-corrected chi connectivity index (χ2v) is 7.79. The summed E-state index contributed by atoms with van der Waals surface area (Å²) in [6.07, 6.45) is 10.5. The van der Waals surface area contributed by atoms with Crippen molar-refractivity contribution in [2.75, 3.05) is 25.0 Å². The van der Waals surface area contributed by atoms with Crippen LogP contribution in [-0.4, -0.2) is 47.8 Å². The molecule has 132 valence electrons. The van der Waals surface area contributed by atoms with E-state index in [9.17, 15) is 4.79 Å². The summed E-state index contributed by atoms with van der Waals surface area (Å²) in [5.41, 5.74) is 3.80. The van der Waals surface area contributed by atoms with Gasteiger partial charge in [0.25, 0.3) is 0 Å². The number of nitrogens with one attached hydrogen (secondary N) is 2. The molecule has 5 rings (SSSR count). The van der Waals surface area contributed by atoms with Gasteiger partial charge in [0.1, 0.15) is 5.82 Å².